The van der Waals surface area contributed by atoms with Crippen LogP contribution in [0.5, 0.6) is 0 Å². The Morgan fingerprint density at radius 2 is 1.80 bits per heavy atom. The Hall–Kier alpha value is -1.63. The summed E-state index contributed by atoms with van der Waals surface area (Å²) in [5.74, 6) is 2.05. The van der Waals surface area contributed by atoms with Gasteiger partial charge in [0.25, 0.3) is 0 Å². The van der Waals surface area contributed by atoms with Gasteiger partial charge in [0.1, 0.15) is 0 Å². The van der Waals surface area contributed by atoms with E-state index in [1.54, 1.807) is 7.05 Å². The highest BCUT2D eigenvalue weighted by molar-refractivity contribution is 5.79. The van der Waals surface area contributed by atoms with Gasteiger partial charge >= 0.3 is 0 Å². The lowest BCUT2D eigenvalue weighted by Crippen LogP contribution is -2.54. The normalized spacial score (nSPS) is 17.6. The van der Waals surface area contributed by atoms with Crippen molar-refractivity contribution in [2.24, 2.45) is 4.99 Å². The second-order valence-corrected chi connectivity index (χ2v) is 8.41. The van der Waals surface area contributed by atoms with Crippen molar-refractivity contribution in [3.63, 3.8) is 0 Å². The van der Waals surface area contributed by atoms with Crippen LogP contribution in [0.3, 0.4) is 0 Å². The van der Waals surface area contributed by atoms with E-state index in [0.29, 0.717) is 18.3 Å². The summed E-state index contributed by atoms with van der Waals surface area (Å²) >= 11 is 0. The van der Waals surface area contributed by atoms with Crippen molar-refractivity contribution in [1.82, 2.24) is 25.7 Å². The summed E-state index contributed by atoms with van der Waals surface area (Å²) in [6, 6.07) is 0. The lowest BCUT2D eigenvalue weighted by Gasteiger charge is -2.41. The molecule has 2 rings (SSSR count). The van der Waals surface area contributed by atoms with Crippen LogP contribution in [0.4, 0.5) is 0 Å². The van der Waals surface area contributed by atoms with E-state index in [1.165, 1.54) is 32.4 Å². The van der Waals surface area contributed by atoms with Gasteiger partial charge in [-0.1, -0.05) is 32.3 Å². The fraction of sp³-hybridized carbons (Fsp3) is 0.833. The molecule has 0 aromatic carbocycles. The molecule has 0 saturated carbocycles. The zero-order valence-corrected chi connectivity index (χ0v) is 16.6. The van der Waals surface area contributed by atoms with Gasteiger partial charge < -0.3 is 15.2 Å². The van der Waals surface area contributed by atoms with E-state index in [9.17, 15) is 0 Å². The minimum atomic E-state index is -0.135. The summed E-state index contributed by atoms with van der Waals surface area (Å²) in [4.78, 5) is 11.3. The molecule has 1 aromatic heterocycles. The summed E-state index contributed by atoms with van der Waals surface area (Å²) in [6.07, 6.45) is 3.94. The quantitative estimate of drug-likeness (QED) is 0.627. The van der Waals surface area contributed by atoms with E-state index in [4.69, 9.17) is 4.52 Å². The first-order valence-corrected chi connectivity index (χ1v) is 9.25. The molecule has 2 heterocycles. The molecule has 1 aromatic rings. The molecule has 142 valence electrons. The van der Waals surface area contributed by atoms with Crippen LogP contribution < -0.4 is 10.6 Å². The average Bonchev–Trinajstić information content (AvgIpc) is 3.05. The lowest BCUT2D eigenvalue weighted by molar-refractivity contribution is 0.0982. The van der Waals surface area contributed by atoms with Crippen LogP contribution in [0.1, 0.15) is 65.6 Å². The molecular weight excluding hydrogens is 316 g/mol. The van der Waals surface area contributed by atoms with Crippen LogP contribution in [0, 0.1) is 0 Å². The van der Waals surface area contributed by atoms with Crippen molar-refractivity contribution in [2.75, 3.05) is 26.7 Å². The number of hydrogen-bond acceptors (Lipinski definition) is 5. The van der Waals surface area contributed by atoms with Crippen molar-refractivity contribution in [2.45, 2.75) is 71.4 Å². The summed E-state index contributed by atoms with van der Waals surface area (Å²) in [7, 11) is 1.78. The van der Waals surface area contributed by atoms with Crippen LogP contribution in [0.2, 0.25) is 0 Å². The Kier molecular flexibility index (Phi) is 6.43. The van der Waals surface area contributed by atoms with Gasteiger partial charge in [-0.05, 0) is 39.8 Å². The van der Waals surface area contributed by atoms with Crippen molar-refractivity contribution < 1.29 is 4.52 Å². The van der Waals surface area contributed by atoms with Crippen molar-refractivity contribution in [3.8, 4) is 0 Å². The number of aromatic nitrogens is 2. The third-order valence-electron chi connectivity index (χ3n) is 4.65. The molecule has 0 unspecified atom stereocenters. The van der Waals surface area contributed by atoms with Gasteiger partial charge in [-0.25, -0.2) is 0 Å². The molecule has 0 aliphatic carbocycles. The number of guanidine groups is 1. The van der Waals surface area contributed by atoms with E-state index in [1.807, 2.05) is 0 Å². The van der Waals surface area contributed by atoms with E-state index in [2.05, 4.69) is 65.3 Å². The van der Waals surface area contributed by atoms with Crippen LogP contribution in [-0.4, -0.2) is 53.2 Å². The molecule has 0 radical (unpaired) electrons. The fourth-order valence-corrected chi connectivity index (χ4v) is 2.92. The van der Waals surface area contributed by atoms with Crippen molar-refractivity contribution in [1.29, 1.82) is 0 Å². The van der Waals surface area contributed by atoms with Gasteiger partial charge in [-0.15, -0.1) is 0 Å². The van der Waals surface area contributed by atoms with Gasteiger partial charge in [-0.2, -0.15) is 4.98 Å². The minimum Gasteiger partial charge on any atom is -0.355 e. The van der Waals surface area contributed by atoms with Crippen LogP contribution in [0.15, 0.2) is 9.52 Å². The van der Waals surface area contributed by atoms with Gasteiger partial charge in [0.05, 0.1) is 6.54 Å². The third kappa shape index (κ3) is 5.70. The predicted molar refractivity (Wildman–Crippen MR) is 101 cm³/mol. The maximum atomic E-state index is 5.32. The topological polar surface area (TPSA) is 78.6 Å². The molecule has 0 spiro atoms. The number of nitrogens with zero attached hydrogens (tertiary/aromatic N) is 4. The fourth-order valence-electron chi connectivity index (χ4n) is 2.92. The minimum absolute atomic E-state index is 0.101. The zero-order valence-electron chi connectivity index (χ0n) is 16.6. The summed E-state index contributed by atoms with van der Waals surface area (Å²) in [6.45, 7) is 14.4. The van der Waals surface area contributed by atoms with Gasteiger partial charge in [0.15, 0.2) is 11.8 Å². The Morgan fingerprint density at radius 1 is 1.12 bits per heavy atom. The summed E-state index contributed by atoms with van der Waals surface area (Å²) in [5, 5.41) is 10.7. The molecule has 1 aliphatic heterocycles. The second kappa shape index (κ2) is 8.17. The molecule has 1 saturated heterocycles. The first-order valence-electron chi connectivity index (χ1n) is 9.25. The third-order valence-corrected chi connectivity index (χ3v) is 4.65. The average molecular weight is 351 g/mol. The highest BCUT2D eigenvalue weighted by Crippen LogP contribution is 2.20. The zero-order chi connectivity index (χ0) is 18.5. The van der Waals surface area contributed by atoms with E-state index < -0.39 is 0 Å². The van der Waals surface area contributed by atoms with Gasteiger partial charge in [0.2, 0.25) is 5.89 Å². The summed E-state index contributed by atoms with van der Waals surface area (Å²) < 4.78 is 5.32. The van der Waals surface area contributed by atoms with E-state index >= 15 is 0 Å². The van der Waals surface area contributed by atoms with Gasteiger partial charge in [-0.3, -0.25) is 9.89 Å². The molecule has 0 amide bonds. The maximum Gasteiger partial charge on any atom is 0.232 e. The molecule has 1 aliphatic rings. The smallest absolute Gasteiger partial charge is 0.232 e. The van der Waals surface area contributed by atoms with E-state index in [-0.39, 0.29) is 11.0 Å². The molecule has 25 heavy (non-hydrogen) atoms. The SMILES string of the molecule is CN=C(NCc1noc(C(C)(C)C)n1)NCC(C)(C)N1CCCCC1. The molecule has 7 nitrogen and oxygen atoms in total. The highest BCUT2D eigenvalue weighted by Gasteiger charge is 2.28. The van der Waals surface area contributed by atoms with Gasteiger partial charge in [0, 0.05) is 24.5 Å². The highest BCUT2D eigenvalue weighted by atomic mass is 16.5. The van der Waals surface area contributed by atoms with Crippen molar-refractivity contribution >= 4 is 5.96 Å². The number of piperidine rings is 1. The molecule has 1 fully saturated rings. The number of nitrogens with one attached hydrogen (secondary N) is 2. The van der Waals surface area contributed by atoms with Crippen molar-refractivity contribution in [3.05, 3.63) is 11.7 Å². The van der Waals surface area contributed by atoms with Crippen LogP contribution >= 0.6 is 0 Å². The van der Waals surface area contributed by atoms with Crippen LogP contribution in [-0.2, 0) is 12.0 Å². The second-order valence-electron chi connectivity index (χ2n) is 8.41. The molecular formula is C18H34N6O. The number of likely N-dealkylation sites (tertiary alicyclic amines) is 1. The first-order chi connectivity index (χ1) is 11.7. The lowest BCUT2D eigenvalue weighted by atomic mass is 9.97. The Bertz CT molecular complexity index is 566. The standard InChI is InChI=1S/C18H34N6O/c1-17(2,3)15-22-14(23-25-15)12-20-16(19-6)21-13-18(4,5)24-10-8-7-9-11-24/h7-13H2,1-6H3,(H2,19,20,21). The number of rotatable bonds is 5. The molecule has 0 bridgehead atoms. The first kappa shape index (κ1) is 19.7. The maximum absolute atomic E-state index is 5.32. The Morgan fingerprint density at radius 3 is 2.36 bits per heavy atom. The van der Waals surface area contributed by atoms with Crippen LogP contribution in [0.25, 0.3) is 0 Å². The van der Waals surface area contributed by atoms with E-state index in [0.717, 1.165) is 12.5 Å². The Labute approximate surface area is 151 Å². The number of aliphatic imine (C=N–C) groups is 1. The molecule has 0 atom stereocenters. The molecule has 7 heteroatoms. The molecule has 2 N–H and O–H groups in total. The number of hydrogen-bond donors (Lipinski definition) is 2. The Balaban J connectivity index is 1.83. The monoisotopic (exact) mass is 350 g/mol. The predicted octanol–water partition coefficient (Wildman–Crippen LogP) is 2.30. The summed E-state index contributed by atoms with van der Waals surface area (Å²) in [5.41, 5.74) is -0.0345. The largest absolute Gasteiger partial charge is 0.355 e.